The predicted octanol–water partition coefficient (Wildman–Crippen LogP) is 2.12. The van der Waals surface area contributed by atoms with Crippen LogP contribution in [0, 0.1) is 18.3 Å². The average molecular weight is 203 g/mol. The van der Waals surface area contributed by atoms with Gasteiger partial charge in [-0.3, -0.25) is 9.88 Å². The molecule has 0 radical (unpaired) electrons. The van der Waals surface area contributed by atoms with Gasteiger partial charge >= 0.3 is 0 Å². The molecule has 0 amide bonds. The number of pyridine rings is 1. The van der Waals surface area contributed by atoms with Crippen molar-refractivity contribution in [3.8, 4) is 6.07 Å². The lowest BCUT2D eigenvalue weighted by Crippen LogP contribution is -2.28. The lowest BCUT2D eigenvalue weighted by molar-refractivity contribution is 0.249. The van der Waals surface area contributed by atoms with Gasteiger partial charge in [0.15, 0.2) is 0 Å². The van der Waals surface area contributed by atoms with Crippen LogP contribution >= 0.6 is 0 Å². The Morgan fingerprint density at radius 1 is 1.53 bits per heavy atom. The maximum atomic E-state index is 8.60. The van der Waals surface area contributed by atoms with Crippen molar-refractivity contribution in [3.05, 3.63) is 29.6 Å². The van der Waals surface area contributed by atoms with Crippen LogP contribution in [-0.4, -0.2) is 23.0 Å². The SMILES string of the molecule is Cc1cccc(CN(C)C(C)CC#N)n1. The Kier molecular flexibility index (Phi) is 4.26. The molecule has 1 aromatic rings. The Hall–Kier alpha value is -1.40. The van der Waals surface area contributed by atoms with E-state index < -0.39 is 0 Å². The molecule has 3 heteroatoms. The molecule has 1 rings (SSSR count). The monoisotopic (exact) mass is 203 g/mol. The highest BCUT2D eigenvalue weighted by molar-refractivity contribution is 5.09. The quantitative estimate of drug-likeness (QED) is 0.752. The van der Waals surface area contributed by atoms with Crippen LogP contribution < -0.4 is 0 Å². The van der Waals surface area contributed by atoms with Gasteiger partial charge in [0, 0.05) is 18.3 Å². The van der Waals surface area contributed by atoms with Gasteiger partial charge in [-0.25, -0.2) is 0 Å². The fraction of sp³-hybridized carbons (Fsp3) is 0.500. The van der Waals surface area contributed by atoms with Gasteiger partial charge < -0.3 is 0 Å². The summed E-state index contributed by atoms with van der Waals surface area (Å²) in [6, 6.07) is 8.48. The van der Waals surface area contributed by atoms with Crippen LogP contribution in [0.25, 0.3) is 0 Å². The molecule has 15 heavy (non-hydrogen) atoms. The zero-order valence-corrected chi connectivity index (χ0v) is 9.57. The third kappa shape index (κ3) is 3.69. The Morgan fingerprint density at radius 3 is 2.87 bits per heavy atom. The van der Waals surface area contributed by atoms with Crippen molar-refractivity contribution in [3.63, 3.8) is 0 Å². The first-order valence-corrected chi connectivity index (χ1v) is 5.13. The Bertz CT molecular complexity index is 354. The molecule has 1 unspecified atom stereocenters. The first-order valence-electron chi connectivity index (χ1n) is 5.13. The van der Waals surface area contributed by atoms with E-state index in [0.717, 1.165) is 17.9 Å². The summed E-state index contributed by atoms with van der Waals surface area (Å²) < 4.78 is 0. The van der Waals surface area contributed by atoms with E-state index in [0.29, 0.717) is 6.42 Å². The zero-order valence-electron chi connectivity index (χ0n) is 9.57. The highest BCUT2D eigenvalue weighted by Gasteiger charge is 2.09. The summed E-state index contributed by atoms with van der Waals surface area (Å²) in [5.41, 5.74) is 2.09. The van der Waals surface area contributed by atoms with Gasteiger partial charge in [-0.05, 0) is 33.0 Å². The van der Waals surface area contributed by atoms with Crippen LogP contribution in [0.3, 0.4) is 0 Å². The van der Waals surface area contributed by atoms with Crippen molar-refractivity contribution in [1.29, 1.82) is 5.26 Å². The van der Waals surface area contributed by atoms with Crippen LogP contribution in [0.4, 0.5) is 0 Å². The minimum absolute atomic E-state index is 0.275. The molecule has 3 nitrogen and oxygen atoms in total. The largest absolute Gasteiger partial charge is 0.297 e. The third-order valence-corrected chi connectivity index (χ3v) is 2.50. The highest BCUT2D eigenvalue weighted by Crippen LogP contribution is 2.06. The molecule has 0 aromatic carbocycles. The van der Waals surface area contributed by atoms with Crippen LogP contribution in [0.5, 0.6) is 0 Å². The van der Waals surface area contributed by atoms with Crippen molar-refractivity contribution in [1.82, 2.24) is 9.88 Å². The maximum absolute atomic E-state index is 8.60. The van der Waals surface area contributed by atoms with Crippen molar-refractivity contribution in [2.75, 3.05) is 7.05 Å². The number of nitrogens with zero attached hydrogens (tertiary/aromatic N) is 3. The molecule has 0 saturated carbocycles. The van der Waals surface area contributed by atoms with Gasteiger partial charge in [0.25, 0.3) is 0 Å². The van der Waals surface area contributed by atoms with E-state index in [9.17, 15) is 0 Å². The predicted molar refractivity (Wildman–Crippen MR) is 60.1 cm³/mol. The number of aryl methyl sites for hydroxylation is 1. The van der Waals surface area contributed by atoms with E-state index in [1.165, 1.54) is 0 Å². The number of hydrogen-bond acceptors (Lipinski definition) is 3. The molecule has 1 aromatic heterocycles. The van der Waals surface area contributed by atoms with Gasteiger partial charge in [0.1, 0.15) is 0 Å². The molecule has 1 heterocycles. The molecule has 0 bridgehead atoms. The van der Waals surface area contributed by atoms with E-state index >= 15 is 0 Å². The third-order valence-electron chi connectivity index (χ3n) is 2.50. The second kappa shape index (κ2) is 5.47. The van der Waals surface area contributed by atoms with E-state index in [1.807, 2.05) is 32.2 Å². The molecular formula is C12H17N3. The van der Waals surface area contributed by atoms with Gasteiger partial charge in [0.2, 0.25) is 0 Å². The molecule has 0 fully saturated rings. The summed E-state index contributed by atoms with van der Waals surface area (Å²) in [6.07, 6.45) is 0.558. The van der Waals surface area contributed by atoms with Crippen molar-refractivity contribution < 1.29 is 0 Å². The summed E-state index contributed by atoms with van der Waals surface area (Å²) in [7, 11) is 2.02. The molecule has 0 aliphatic heterocycles. The van der Waals surface area contributed by atoms with Gasteiger partial charge in [0.05, 0.1) is 18.2 Å². The van der Waals surface area contributed by atoms with Crippen molar-refractivity contribution in [2.45, 2.75) is 32.9 Å². The summed E-state index contributed by atoms with van der Waals surface area (Å²) in [5, 5.41) is 8.60. The number of hydrogen-bond donors (Lipinski definition) is 0. The number of rotatable bonds is 4. The second-order valence-corrected chi connectivity index (χ2v) is 3.90. The van der Waals surface area contributed by atoms with Crippen molar-refractivity contribution >= 4 is 0 Å². The van der Waals surface area contributed by atoms with Crippen LogP contribution in [0.1, 0.15) is 24.7 Å². The van der Waals surface area contributed by atoms with Crippen LogP contribution in [-0.2, 0) is 6.54 Å². The fourth-order valence-corrected chi connectivity index (χ4v) is 1.39. The highest BCUT2D eigenvalue weighted by atomic mass is 15.1. The van der Waals surface area contributed by atoms with Gasteiger partial charge in [-0.2, -0.15) is 5.26 Å². The molecule has 0 spiro atoms. The van der Waals surface area contributed by atoms with Crippen LogP contribution in [0.2, 0.25) is 0 Å². The Balaban J connectivity index is 2.58. The number of nitriles is 1. The first-order chi connectivity index (χ1) is 7.13. The second-order valence-electron chi connectivity index (χ2n) is 3.90. The summed E-state index contributed by atoms with van der Waals surface area (Å²) >= 11 is 0. The molecule has 0 N–H and O–H groups in total. The fourth-order valence-electron chi connectivity index (χ4n) is 1.39. The molecule has 0 saturated heterocycles. The topological polar surface area (TPSA) is 39.9 Å². The minimum Gasteiger partial charge on any atom is -0.297 e. The number of aromatic nitrogens is 1. The summed E-state index contributed by atoms with van der Waals surface area (Å²) in [5.74, 6) is 0. The normalized spacial score (nSPS) is 12.5. The average Bonchev–Trinajstić information content (AvgIpc) is 2.18. The molecular weight excluding hydrogens is 186 g/mol. The van der Waals surface area contributed by atoms with E-state index in [2.05, 4.69) is 22.9 Å². The lowest BCUT2D eigenvalue weighted by Gasteiger charge is -2.22. The molecule has 1 atom stereocenters. The molecule has 80 valence electrons. The minimum atomic E-state index is 0.275. The maximum Gasteiger partial charge on any atom is 0.0638 e. The smallest absolute Gasteiger partial charge is 0.0638 e. The first kappa shape index (κ1) is 11.7. The van der Waals surface area contributed by atoms with Gasteiger partial charge in [-0.1, -0.05) is 6.07 Å². The summed E-state index contributed by atoms with van der Waals surface area (Å²) in [6.45, 7) is 4.84. The summed E-state index contributed by atoms with van der Waals surface area (Å²) in [4.78, 5) is 6.57. The van der Waals surface area contributed by atoms with Crippen LogP contribution in [0.15, 0.2) is 18.2 Å². The van der Waals surface area contributed by atoms with E-state index in [-0.39, 0.29) is 6.04 Å². The zero-order chi connectivity index (χ0) is 11.3. The standard InChI is InChI=1S/C12H17N3/c1-10-5-4-6-12(14-10)9-15(3)11(2)7-8-13/h4-6,11H,7,9H2,1-3H3. The van der Waals surface area contributed by atoms with E-state index in [4.69, 9.17) is 5.26 Å². The molecule has 0 aliphatic carbocycles. The lowest BCUT2D eigenvalue weighted by atomic mass is 10.2. The van der Waals surface area contributed by atoms with E-state index in [1.54, 1.807) is 0 Å². The Morgan fingerprint density at radius 2 is 2.27 bits per heavy atom. The van der Waals surface area contributed by atoms with Gasteiger partial charge in [-0.15, -0.1) is 0 Å². The molecule has 0 aliphatic rings. The Labute approximate surface area is 91.4 Å². The van der Waals surface area contributed by atoms with Crippen molar-refractivity contribution in [2.24, 2.45) is 0 Å².